The fraction of sp³-hybridized carbons (Fsp3) is 0.538. The minimum Gasteiger partial charge on any atom is -0.313 e. The molecule has 0 radical (unpaired) electrons. The summed E-state index contributed by atoms with van der Waals surface area (Å²) in [4.78, 5) is 2.23. The first-order valence-electron chi connectivity index (χ1n) is 5.75. The SMILES string of the molecule is CCNC(Cc1ccccc1Br)CN(C)C. The van der Waals surface area contributed by atoms with Crippen LogP contribution < -0.4 is 5.32 Å². The Morgan fingerprint density at radius 1 is 1.31 bits per heavy atom. The lowest BCUT2D eigenvalue weighted by molar-refractivity contribution is 0.339. The molecule has 1 atom stereocenters. The van der Waals surface area contributed by atoms with Crippen LogP contribution in [0.15, 0.2) is 28.7 Å². The Hall–Kier alpha value is -0.380. The number of rotatable bonds is 6. The van der Waals surface area contributed by atoms with Crippen LogP contribution in [0, 0.1) is 0 Å². The normalized spacial score (nSPS) is 13.1. The zero-order chi connectivity index (χ0) is 12.0. The molecule has 0 saturated carbocycles. The molecule has 1 aromatic carbocycles. The summed E-state index contributed by atoms with van der Waals surface area (Å²) in [6.45, 7) is 4.24. The van der Waals surface area contributed by atoms with Crippen LogP contribution >= 0.6 is 15.9 Å². The number of hydrogen-bond donors (Lipinski definition) is 1. The van der Waals surface area contributed by atoms with E-state index in [0.29, 0.717) is 6.04 Å². The van der Waals surface area contributed by atoms with Gasteiger partial charge in [-0.05, 0) is 38.7 Å². The summed E-state index contributed by atoms with van der Waals surface area (Å²) in [6.07, 6.45) is 1.06. The Balaban J connectivity index is 2.64. The van der Waals surface area contributed by atoms with Crippen molar-refractivity contribution in [3.63, 3.8) is 0 Å². The minimum absolute atomic E-state index is 0.513. The molecule has 1 N–H and O–H groups in total. The van der Waals surface area contributed by atoms with Crippen molar-refractivity contribution in [2.24, 2.45) is 0 Å². The second-order valence-corrected chi connectivity index (χ2v) is 5.17. The standard InChI is InChI=1S/C13H21BrN2/c1-4-15-12(10-16(2)3)9-11-7-5-6-8-13(11)14/h5-8,12,15H,4,9-10H2,1-3H3. The molecule has 90 valence electrons. The van der Waals surface area contributed by atoms with Crippen molar-refractivity contribution in [1.29, 1.82) is 0 Å². The summed E-state index contributed by atoms with van der Waals surface area (Å²) in [5.74, 6) is 0. The molecule has 0 amide bonds. The number of likely N-dealkylation sites (N-methyl/N-ethyl adjacent to an activating group) is 2. The summed E-state index contributed by atoms with van der Waals surface area (Å²) in [7, 11) is 4.23. The third kappa shape index (κ3) is 4.64. The van der Waals surface area contributed by atoms with Crippen molar-refractivity contribution >= 4 is 15.9 Å². The fourth-order valence-electron chi connectivity index (χ4n) is 1.86. The number of hydrogen-bond acceptors (Lipinski definition) is 2. The van der Waals surface area contributed by atoms with E-state index in [0.717, 1.165) is 19.5 Å². The largest absolute Gasteiger partial charge is 0.313 e. The van der Waals surface area contributed by atoms with E-state index in [-0.39, 0.29) is 0 Å². The summed E-state index contributed by atoms with van der Waals surface area (Å²) >= 11 is 3.60. The van der Waals surface area contributed by atoms with Crippen molar-refractivity contribution in [3.05, 3.63) is 34.3 Å². The van der Waals surface area contributed by atoms with E-state index in [1.165, 1.54) is 10.0 Å². The van der Waals surface area contributed by atoms with Gasteiger partial charge in [0.05, 0.1) is 0 Å². The van der Waals surface area contributed by atoms with Crippen LogP contribution in [0.1, 0.15) is 12.5 Å². The van der Waals surface area contributed by atoms with Gasteiger partial charge in [-0.3, -0.25) is 0 Å². The maximum atomic E-state index is 3.60. The maximum absolute atomic E-state index is 3.60. The van der Waals surface area contributed by atoms with Crippen LogP contribution in [0.5, 0.6) is 0 Å². The van der Waals surface area contributed by atoms with Crippen molar-refractivity contribution in [2.75, 3.05) is 27.2 Å². The first-order valence-corrected chi connectivity index (χ1v) is 6.54. The van der Waals surface area contributed by atoms with E-state index in [9.17, 15) is 0 Å². The zero-order valence-corrected chi connectivity index (χ0v) is 11.9. The predicted octanol–water partition coefficient (Wildman–Crippen LogP) is 2.53. The summed E-state index contributed by atoms with van der Waals surface area (Å²) in [5.41, 5.74) is 1.37. The second kappa shape index (κ2) is 7.05. The van der Waals surface area contributed by atoms with Gasteiger partial charge in [0.2, 0.25) is 0 Å². The van der Waals surface area contributed by atoms with Gasteiger partial charge >= 0.3 is 0 Å². The Bertz CT molecular complexity index is 313. The number of nitrogens with one attached hydrogen (secondary N) is 1. The van der Waals surface area contributed by atoms with Crippen LogP contribution in [0.2, 0.25) is 0 Å². The lowest BCUT2D eigenvalue weighted by Gasteiger charge is -2.22. The highest BCUT2D eigenvalue weighted by Crippen LogP contribution is 2.17. The quantitative estimate of drug-likeness (QED) is 0.864. The Kier molecular flexibility index (Phi) is 6.03. The molecule has 0 aromatic heterocycles. The lowest BCUT2D eigenvalue weighted by Crippen LogP contribution is -2.39. The molecule has 1 aromatic rings. The smallest absolute Gasteiger partial charge is 0.0235 e. The Labute approximate surface area is 107 Å². The number of nitrogens with zero attached hydrogens (tertiary/aromatic N) is 1. The molecule has 0 saturated heterocycles. The fourth-order valence-corrected chi connectivity index (χ4v) is 2.31. The molecule has 0 bridgehead atoms. The van der Waals surface area contributed by atoms with Crippen molar-refractivity contribution in [2.45, 2.75) is 19.4 Å². The van der Waals surface area contributed by atoms with E-state index in [1.807, 2.05) is 0 Å². The molecule has 2 nitrogen and oxygen atoms in total. The molecule has 1 unspecified atom stereocenters. The molecule has 0 heterocycles. The highest BCUT2D eigenvalue weighted by Gasteiger charge is 2.10. The Morgan fingerprint density at radius 3 is 2.56 bits per heavy atom. The topological polar surface area (TPSA) is 15.3 Å². The monoisotopic (exact) mass is 284 g/mol. The molecule has 0 aliphatic rings. The first-order chi connectivity index (χ1) is 7.63. The van der Waals surface area contributed by atoms with E-state index in [1.54, 1.807) is 0 Å². The van der Waals surface area contributed by atoms with Crippen molar-refractivity contribution in [3.8, 4) is 0 Å². The van der Waals surface area contributed by atoms with Gasteiger partial charge in [0.1, 0.15) is 0 Å². The average Bonchev–Trinajstić information content (AvgIpc) is 2.21. The molecule has 1 rings (SSSR count). The average molecular weight is 285 g/mol. The highest BCUT2D eigenvalue weighted by atomic mass is 79.9. The molecule has 0 aliphatic heterocycles. The van der Waals surface area contributed by atoms with Crippen LogP contribution in [0.4, 0.5) is 0 Å². The molecular weight excluding hydrogens is 264 g/mol. The van der Waals surface area contributed by atoms with E-state index < -0.39 is 0 Å². The molecule has 16 heavy (non-hydrogen) atoms. The molecule has 0 fully saturated rings. The van der Waals surface area contributed by atoms with Gasteiger partial charge < -0.3 is 10.2 Å². The van der Waals surface area contributed by atoms with Gasteiger partial charge in [0.15, 0.2) is 0 Å². The second-order valence-electron chi connectivity index (χ2n) is 4.31. The predicted molar refractivity (Wildman–Crippen MR) is 73.9 cm³/mol. The minimum atomic E-state index is 0.513. The van der Waals surface area contributed by atoms with Gasteiger partial charge in [-0.25, -0.2) is 0 Å². The van der Waals surface area contributed by atoms with Crippen molar-refractivity contribution < 1.29 is 0 Å². The van der Waals surface area contributed by atoms with Gasteiger partial charge in [-0.15, -0.1) is 0 Å². The summed E-state index contributed by atoms with van der Waals surface area (Å²) in [6, 6.07) is 8.96. The summed E-state index contributed by atoms with van der Waals surface area (Å²) < 4.78 is 1.21. The molecular formula is C13H21BrN2. The van der Waals surface area contributed by atoms with Gasteiger partial charge in [-0.2, -0.15) is 0 Å². The van der Waals surface area contributed by atoms with Crippen LogP contribution in [0.25, 0.3) is 0 Å². The van der Waals surface area contributed by atoms with Gasteiger partial charge in [-0.1, -0.05) is 41.1 Å². The summed E-state index contributed by atoms with van der Waals surface area (Å²) in [5, 5.41) is 3.53. The first kappa shape index (κ1) is 13.7. The van der Waals surface area contributed by atoms with Crippen LogP contribution in [0.3, 0.4) is 0 Å². The maximum Gasteiger partial charge on any atom is 0.0235 e. The molecule has 0 aliphatic carbocycles. The zero-order valence-electron chi connectivity index (χ0n) is 10.3. The van der Waals surface area contributed by atoms with Crippen LogP contribution in [-0.2, 0) is 6.42 Å². The number of halogens is 1. The third-order valence-corrected chi connectivity index (χ3v) is 3.28. The van der Waals surface area contributed by atoms with E-state index in [4.69, 9.17) is 0 Å². The van der Waals surface area contributed by atoms with Crippen molar-refractivity contribution in [1.82, 2.24) is 10.2 Å². The van der Waals surface area contributed by atoms with Gasteiger partial charge in [0, 0.05) is 17.1 Å². The van der Waals surface area contributed by atoms with E-state index in [2.05, 4.69) is 71.4 Å². The highest BCUT2D eigenvalue weighted by molar-refractivity contribution is 9.10. The molecule has 0 spiro atoms. The van der Waals surface area contributed by atoms with Gasteiger partial charge in [0.25, 0.3) is 0 Å². The Morgan fingerprint density at radius 2 is 2.00 bits per heavy atom. The lowest BCUT2D eigenvalue weighted by atomic mass is 10.1. The van der Waals surface area contributed by atoms with Crippen LogP contribution in [-0.4, -0.2) is 38.1 Å². The number of benzene rings is 1. The molecule has 3 heteroatoms. The third-order valence-electron chi connectivity index (χ3n) is 2.50. The van der Waals surface area contributed by atoms with E-state index >= 15 is 0 Å².